The summed E-state index contributed by atoms with van der Waals surface area (Å²) in [5, 5.41) is 5.67. The maximum atomic E-state index is 11.9. The van der Waals surface area contributed by atoms with Gasteiger partial charge in [-0.3, -0.25) is 14.3 Å². The third-order valence-electron chi connectivity index (χ3n) is 3.06. The van der Waals surface area contributed by atoms with Crippen molar-refractivity contribution in [3.63, 3.8) is 0 Å². The molecule has 0 radical (unpaired) electrons. The molecule has 0 amide bonds. The van der Waals surface area contributed by atoms with Crippen LogP contribution in [0.1, 0.15) is 17.4 Å². The van der Waals surface area contributed by atoms with Gasteiger partial charge in [0.15, 0.2) is 11.8 Å². The van der Waals surface area contributed by atoms with E-state index in [4.69, 9.17) is 0 Å². The van der Waals surface area contributed by atoms with Crippen molar-refractivity contribution in [3.8, 4) is 0 Å². The molecule has 0 spiro atoms. The van der Waals surface area contributed by atoms with E-state index in [0.717, 1.165) is 11.7 Å². The molecule has 90 valence electrons. The van der Waals surface area contributed by atoms with Crippen molar-refractivity contribution in [1.82, 2.24) is 14.8 Å². The second-order valence-electron chi connectivity index (χ2n) is 4.04. The maximum absolute atomic E-state index is 11.9. The number of nitrogens with zero attached hydrogens (tertiary/aromatic N) is 2. The molecular formula is C13H11N3O2. The molecule has 2 aromatic heterocycles. The molecule has 0 saturated carbocycles. The number of hydrogen-bond donors (Lipinski definition) is 1. The van der Waals surface area contributed by atoms with Crippen molar-refractivity contribution in [3.05, 3.63) is 40.3 Å². The Hall–Kier alpha value is -2.43. The smallest absolute Gasteiger partial charge is 0.276 e. The number of rotatable bonds is 2. The summed E-state index contributed by atoms with van der Waals surface area (Å²) >= 11 is 0. The van der Waals surface area contributed by atoms with Gasteiger partial charge in [0.05, 0.1) is 0 Å². The Morgan fingerprint density at radius 2 is 2.17 bits per heavy atom. The molecule has 1 N–H and O–H groups in total. The highest BCUT2D eigenvalue weighted by molar-refractivity contribution is 6.10. The lowest BCUT2D eigenvalue weighted by molar-refractivity contribution is 0.111. The number of H-pyrrole nitrogens is 1. The topological polar surface area (TPSA) is 67.8 Å². The number of aromatic nitrogens is 3. The van der Waals surface area contributed by atoms with Gasteiger partial charge in [-0.05, 0) is 13.0 Å². The van der Waals surface area contributed by atoms with Crippen LogP contribution in [0.25, 0.3) is 21.8 Å². The first-order chi connectivity index (χ1) is 8.76. The van der Waals surface area contributed by atoms with Gasteiger partial charge in [-0.15, -0.1) is 0 Å². The number of aryl methyl sites for hydroxylation is 1. The molecule has 0 fully saturated rings. The summed E-state index contributed by atoms with van der Waals surface area (Å²) in [5.41, 5.74) is 1.22. The van der Waals surface area contributed by atoms with Crippen LogP contribution in [0.15, 0.2) is 29.1 Å². The van der Waals surface area contributed by atoms with Gasteiger partial charge in [-0.2, -0.15) is 5.10 Å². The first-order valence-corrected chi connectivity index (χ1v) is 5.73. The Bertz CT molecular complexity index is 814. The Morgan fingerprint density at radius 1 is 1.39 bits per heavy atom. The van der Waals surface area contributed by atoms with Gasteiger partial charge in [0.2, 0.25) is 0 Å². The lowest BCUT2D eigenvalue weighted by Gasteiger charge is -1.99. The number of carbonyl (C=O) groups is 1. The average Bonchev–Trinajstić information content (AvgIpc) is 2.78. The zero-order valence-corrected chi connectivity index (χ0v) is 9.80. The molecule has 1 aromatic carbocycles. The van der Waals surface area contributed by atoms with Crippen molar-refractivity contribution in [2.75, 3.05) is 0 Å². The van der Waals surface area contributed by atoms with Gasteiger partial charge in [-0.25, -0.2) is 0 Å². The zero-order valence-electron chi connectivity index (χ0n) is 9.80. The molecule has 0 unspecified atom stereocenters. The van der Waals surface area contributed by atoms with E-state index in [1.165, 1.54) is 0 Å². The Kier molecular flexibility index (Phi) is 2.26. The molecule has 2 heterocycles. The molecule has 3 aromatic rings. The van der Waals surface area contributed by atoms with Crippen LogP contribution in [-0.4, -0.2) is 21.1 Å². The second-order valence-corrected chi connectivity index (χ2v) is 4.04. The van der Waals surface area contributed by atoms with E-state index >= 15 is 0 Å². The van der Waals surface area contributed by atoms with Crippen LogP contribution in [0.5, 0.6) is 0 Å². The lowest BCUT2D eigenvalue weighted by atomic mass is 10.1. The molecule has 18 heavy (non-hydrogen) atoms. The van der Waals surface area contributed by atoms with Crippen LogP contribution < -0.4 is 5.56 Å². The van der Waals surface area contributed by atoms with Gasteiger partial charge >= 0.3 is 0 Å². The maximum Gasteiger partial charge on any atom is 0.276 e. The summed E-state index contributed by atoms with van der Waals surface area (Å²) in [7, 11) is 0. The summed E-state index contributed by atoms with van der Waals surface area (Å²) in [6.07, 6.45) is 0.755. The molecule has 0 aliphatic rings. The molecule has 0 bridgehead atoms. The Labute approximate surface area is 102 Å². The molecule has 3 rings (SSSR count). The van der Waals surface area contributed by atoms with Gasteiger partial charge < -0.3 is 4.98 Å². The van der Waals surface area contributed by atoms with E-state index in [1.807, 2.05) is 31.2 Å². The molecule has 5 heteroatoms. The van der Waals surface area contributed by atoms with Crippen LogP contribution in [0, 0.1) is 0 Å². The number of nitrogens with one attached hydrogen (secondary N) is 1. The number of benzene rings is 1. The minimum absolute atomic E-state index is 0.265. The average molecular weight is 241 g/mol. The van der Waals surface area contributed by atoms with E-state index < -0.39 is 0 Å². The van der Waals surface area contributed by atoms with Gasteiger partial charge in [0, 0.05) is 22.8 Å². The minimum Gasteiger partial charge on any atom is -0.320 e. The zero-order chi connectivity index (χ0) is 12.7. The standard InChI is InChI=1S/C13H11N3O2/c1-2-16-10(7-17)11-8-5-3-4-6-9(8)14-13(18)12(11)15-16/h3-7H,2H2,1H3,(H,14,18). The molecule has 5 nitrogen and oxygen atoms in total. The largest absolute Gasteiger partial charge is 0.320 e. The Morgan fingerprint density at radius 3 is 2.89 bits per heavy atom. The number of hydrogen-bond acceptors (Lipinski definition) is 3. The highest BCUT2D eigenvalue weighted by atomic mass is 16.1. The fourth-order valence-corrected chi connectivity index (χ4v) is 2.25. The highest BCUT2D eigenvalue weighted by Gasteiger charge is 2.15. The first kappa shape index (κ1) is 10.7. The minimum atomic E-state index is -0.265. The van der Waals surface area contributed by atoms with Gasteiger partial charge in [0.1, 0.15) is 5.69 Å². The van der Waals surface area contributed by atoms with E-state index in [0.29, 0.717) is 28.7 Å². The van der Waals surface area contributed by atoms with Crippen LogP contribution >= 0.6 is 0 Å². The molecule has 0 saturated heterocycles. The van der Waals surface area contributed by atoms with Gasteiger partial charge in [0.25, 0.3) is 5.56 Å². The van der Waals surface area contributed by atoms with Crippen molar-refractivity contribution in [2.24, 2.45) is 0 Å². The van der Waals surface area contributed by atoms with Crippen molar-refractivity contribution in [1.29, 1.82) is 0 Å². The van der Waals surface area contributed by atoms with Crippen LogP contribution in [-0.2, 0) is 6.54 Å². The second kappa shape index (κ2) is 3.80. The van der Waals surface area contributed by atoms with Crippen LogP contribution in [0.4, 0.5) is 0 Å². The van der Waals surface area contributed by atoms with E-state index in [-0.39, 0.29) is 5.56 Å². The predicted molar refractivity (Wildman–Crippen MR) is 68.9 cm³/mol. The third-order valence-corrected chi connectivity index (χ3v) is 3.06. The molecule has 0 aliphatic carbocycles. The van der Waals surface area contributed by atoms with Gasteiger partial charge in [-0.1, -0.05) is 18.2 Å². The number of fused-ring (bicyclic) bond motifs is 3. The number of carbonyl (C=O) groups excluding carboxylic acids is 1. The first-order valence-electron chi connectivity index (χ1n) is 5.73. The number of aldehydes is 1. The fourth-order valence-electron chi connectivity index (χ4n) is 2.25. The number of para-hydroxylation sites is 1. The molecule has 0 aliphatic heterocycles. The van der Waals surface area contributed by atoms with E-state index in [9.17, 15) is 9.59 Å². The Balaban J connectivity index is 2.65. The van der Waals surface area contributed by atoms with Crippen molar-refractivity contribution >= 4 is 28.1 Å². The predicted octanol–water partition coefficient (Wildman–Crippen LogP) is 1.71. The third kappa shape index (κ3) is 1.30. The fraction of sp³-hybridized carbons (Fsp3) is 0.154. The van der Waals surface area contributed by atoms with Crippen LogP contribution in [0.2, 0.25) is 0 Å². The van der Waals surface area contributed by atoms with Crippen molar-refractivity contribution < 1.29 is 4.79 Å². The molecular weight excluding hydrogens is 230 g/mol. The van der Waals surface area contributed by atoms with Crippen LogP contribution in [0.3, 0.4) is 0 Å². The monoisotopic (exact) mass is 241 g/mol. The number of aromatic amines is 1. The normalized spacial score (nSPS) is 11.2. The SMILES string of the molecule is CCn1nc2c(=O)[nH]c3ccccc3c2c1C=O. The van der Waals surface area contributed by atoms with Crippen molar-refractivity contribution in [2.45, 2.75) is 13.5 Å². The summed E-state index contributed by atoms with van der Waals surface area (Å²) in [5.74, 6) is 0. The van der Waals surface area contributed by atoms with E-state index in [1.54, 1.807) is 4.68 Å². The highest BCUT2D eigenvalue weighted by Crippen LogP contribution is 2.23. The quantitative estimate of drug-likeness (QED) is 0.694. The summed E-state index contributed by atoms with van der Waals surface area (Å²) in [6.45, 7) is 2.44. The summed E-state index contributed by atoms with van der Waals surface area (Å²) in [4.78, 5) is 26.0. The molecule has 0 atom stereocenters. The summed E-state index contributed by atoms with van der Waals surface area (Å²) in [6, 6.07) is 7.41. The van der Waals surface area contributed by atoms with E-state index in [2.05, 4.69) is 10.1 Å². The lowest BCUT2D eigenvalue weighted by Crippen LogP contribution is -2.06. The summed E-state index contributed by atoms with van der Waals surface area (Å²) < 4.78 is 1.55. The number of pyridine rings is 1.